The number of nitrogen functional groups attached to an aromatic ring is 1. The lowest BCUT2D eigenvalue weighted by molar-refractivity contribution is 0.244. The molecule has 2 unspecified atom stereocenters. The summed E-state index contributed by atoms with van der Waals surface area (Å²) >= 11 is 0. The zero-order valence-corrected chi connectivity index (χ0v) is 13.6. The molecule has 1 fully saturated rings. The minimum atomic E-state index is -0.159. The van der Waals surface area contributed by atoms with E-state index in [1.54, 1.807) is 0 Å². The van der Waals surface area contributed by atoms with Crippen LogP contribution in [0.4, 0.5) is 11.6 Å². The molecule has 0 saturated carbocycles. The standard InChI is InChI=1S/C15H27N5O/c1-9-6-7-20(11(9)8-21)13-10(2)12(19-16)17-14(18-13)15(3,4)5/h9,11,21H,6-8,16H2,1-5H3,(H,17,18,19). The topological polar surface area (TPSA) is 87.3 Å². The van der Waals surface area contributed by atoms with Gasteiger partial charge >= 0.3 is 0 Å². The van der Waals surface area contributed by atoms with Gasteiger partial charge < -0.3 is 15.4 Å². The second kappa shape index (κ2) is 5.77. The van der Waals surface area contributed by atoms with Crippen LogP contribution in [0.1, 0.15) is 45.5 Å². The Labute approximate surface area is 126 Å². The van der Waals surface area contributed by atoms with E-state index in [-0.39, 0.29) is 18.1 Å². The Morgan fingerprint density at radius 2 is 2.05 bits per heavy atom. The van der Waals surface area contributed by atoms with E-state index >= 15 is 0 Å². The minimum Gasteiger partial charge on any atom is -0.394 e. The van der Waals surface area contributed by atoms with Crippen LogP contribution in [0.2, 0.25) is 0 Å². The van der Waals surface area contributed by atoms with Crippen LogP contribution in [0.15, 0.2) is 0 Å². The second-order valence-electron chi connectivity index (χ2n) is 6.95. The van der Waals surface area contributed by atoms with E-state index < -0.39 is 0 Å². The fourth-order valence-electron chi connectivity index (χ4n) is 2.81. The summed E-state index contributed by atoms with van der Waals surface area (Å²) in [6.45, 7) is 11.4. The molecule has 1 aliphatic heterocycles. The lowest BCUT2D eigenvalue weighted by Crippen LogP contribution is -2.37. The number of nitrogens with zero attached hydrogens (tertiary/aromatic N) is 3. The average Bonchev–Trinajstić information content (AvgIpc) is 2.78. The van der Waals surface area contributed by atoms with Crippen molar-refractivity contribution in [3.8, 4) is 0 Å². The Morgan fingerprint density at radius 3 is 2.57 bits per heavy atom. The molecule has 2 rings (SSSR count). The number of hydrazine groups is 1. The highest BCUT2D eigenvalue weighted by molar-refractivity contribution is 5.59. The van der Waals surface area contributed by atoms with Crippen LogP contribution < -0.4 is 16.2 Å². The largest absolute Gasteiger partial charge is 0.394 e. The van der Waals surface area contributed by atoms with Crippen LogP contribution >= 0.6 is 0 Å². The fraction of sp³-hybridized carbons (Fsp3) is 0.733. The van der Waals surface area contributed by atoms with Gasteiger partial charge in [-0.15, -0.1) is 0 Å². The molecule has 1 aliphatic rings. The number of nitrogens with two attached hydrogens (primary N) is 1. The molecule has 0 aliphatic carbocycles. The molecule has 6 heteroatoms. The molecule has 6 nitrogen and oxygen atoms in total. The van der Waals surface area contributed by atoms with Crippen molar-refractivity contribution in [1.82, 2.24) is 9.97 Å². The third-order valence-corrected chi connectivity index (χ3v) is 4.27. The van der Waals surface area contributed by atoms with Gasteiger partial charge in [0.25, 0.3) is 0 Å². The van der Waals surface area contributed by atoms with Crippen LogP contribution in [-0.4, -0.2) is 34.3 Å². The summed E-state index contributed by atoms with van der Waals surface area (Å²) in [5.74, 6) is 8.36. The predicted octanol–water partition coefficient (Wildman–Crippen LogP) is 1.58. The van der Waals surface area contributed by atoms with Crippen LogP contribution in [-0.2, 0) is 5.41 Å². The number of hydrogen-bond acceptors (Lipinski definition) is 6. The van der Waals surface area contributed by atoms with E-state index in [1.807, 2.05) is 6.92 Å². The highest BCUT2D eigenvalue weighted by atomic mass is 16.3. The highest BCUT2D eigenvalue weighted by Gasteiger charge is 2.34. The summed E-state index contributed by atoms with van der Waals surface area (Å²) < 4.78 is 0. The first kappa shape index (κ1) is 16.0. The summed E-state index contributed by atoms with van der Waals surface area (Å²) in [6, 6.07) is 0.108. The molecule has 2 atom stereocenters. The van der Waals surface area contributed by atoms with Crippen LogP contribution in [0.25, 0.3) is 0 Å². The Balaban J connectivity index is 2.52. The molecule has 118 valence electrons. The number of aliphatic hydroxyl groups excluding tert-OH is 1. The van der Waals surface area contributed by atoms with E-state index in [2.05, 4.69) is 43.0 Å². The summed E-state index contributed by atoms with van der Waals surface area (Å²) in [5.41, 5.74) is 3.45. The fourth-order valence-corrected chi connectivity index (χ4v) is 2.81. The second-order valence-corrected chi connectivity index (χ2v) is 6.95. The molecular weight excluding hydrogens is 266 g/mol. The molecule has 21 heavy (non-hydrogen) atoms. The smallest absolute Gasteiger partial charge is 0.148 e. The van der Waals surface area contributed by atoms with Gasteiger partial charge in [0.1, 0.15) is 17.5 Å². The van der Waals surface area contributed by atoms with E-state index in [4.69, 9.17) is 10.8 Å². The monoisotopic (exact) mass is 293 g/mol. The maximum atomic E-state index is 9.69. The van der Waals surface area contributed by atoms with Gasteiger partial charge in [-0.3, -0.25) is 0 Å². The first-order chi connectivity index (χ1) is 9.79. The molecule has 0 bridgehead atoms. The number of hydrogen-bond donors (Lipinski definition) is 3. The third kappa shape index (κ3) is 2.96. The Kier molecular flexibility index (Phi) is 4.39. The molecule has 1 saturated heterocycles. The predicted molar refractivity (Wildman–Crippen MR) is 85.3 cm³/mol. The van der Waals surface area contributed by atoms with Gasteiger partial charge in [0.15, 0.2) is 0 Å². The SMILES string of the molecule is Cc1c(NN)nc(C(C)(C)C)nc1N1CCC(C)C1CO. The van der Waals surface area contributed by atoms with Gasteiger partial charge in [0.2, 0.25) is 0 Å². The Bertz CT molecular complexity index is 512. The quantitative estimate of drug-likeness (QED) is 0.579. The minimum absolute atomic E-state index is 0.108. The van der Waals surface area contributed by atoms with E-state index in [0.29, 0.717) is 11.7 Å². The molecule has 1 aromatic rings. The van der Waals surface area contributed by atoms with Crippen molar-refractivity contribution in [3.05, 3.63) is 11.4 Å². The zero-order valence-electron chi connectivity index (χ0n) is 13.6. The van der Waals surface area contributed by atoms with Crippen molar-refractivity contribution < 1.29 is 5.11 Å². The van der Waals surface area contributed by atoms with E-state index in [1.165, 1.54) is 0 Å². The molecule has 0 aromatic carbocycles. The number of aromatic nitrogens is 2. The van der Waals surface area contributed by atoms with Crippen molar-refractivity contribution in [2.24, 2.45) is 11.8 Å². The van der Waals surface area contributed by atoms with Gasteiger partial charge in [-0.25, -0.2) is 15.8 Å². The van der Waals surface area contributed by atoms with Gasteiger partial charge in [-0.2, -0.15) is 0 Å². The summed E-state index contributed by atoms with van der Waals surface area (Å²) in [4.78, 5) is 11.5. The van der Waals surface area contributed by atoms with Crippen LogP contribution in [0, 0.1) is 12.8 Å². The van der Waals surface area contributed by atoms with E-state index in [0.717, 1.165) is 30.2 Å². The van der Waals surface area contributed by atoms with Crippen molar-refractivity contribution in [1.29, 1.82) is 0 Å². The zero-order chi connectivity index (χ0) is 15.8. The normalized spacial score (nSPS) is 22.7. The van der Waals surface area contributed by atoms with Crippen molar-refractivity contribution in [3.63, 3.8) is 0 Å². The van der Waals surface area contributed by atoms with Gasteiger partial charge in [0.05, 0.1) is 12.6 Å². The summed E-state index contributed by atoms with van der Waals surface area (Å²) in [5, 5.41) is 9.69. The third-order valence-electron chi connectivity index (χ3n) is 4.27. The molecular formula is C15H27N5O. The maximum Gasteiger partial charge on any atom is 0.148 e. The molecule has 0 amide bonds. The van der Waals surface area contributed by atoms with Crippen molar-refractivity contribution in [2.75, 3.05) is 23.5 Å². The molecule has 0 spiro atoms. The maximum absolute atomic E-state index is 9.69. The lowest BCUT2D eigenvalue weighted by Gasteiger charge is -2.30. The van der Waals surface area contributed by atoms with Crippen molar-refractivity contribution >= 4 is 11.6 Å². The Hall–Kier alpha value is -1.40. The number of aliphatic hydroxyl groups is 1. The highest BCUT2D eigenvalue weighted by Crippen LogP contribution is 2.34. The Morgan fingerprint density at radius 1 is 1.38 bits per heavy atom. The van der Waals surface area contributed by atoms with Gasteiger partial charge in [-0.1, -0.05) is 27.7 Å². The molecule has 4 N–H and O–H groups in total. The van der Waals surface area contributed by atoms with Crippen LogP contribution in [0.5, 0.6) is 0 Å². The van der Waals surface area contributed by atoms with E-state index in [9.17, 15) is 5.11 Å². The van der Waals surface area contributed by atoms with Crippen molar-refractivity contribution in [2.45, 2.75) is 52.5 Å². The number of anilines is 2. The average molecular weight is 293 g/mol. The van der Waals surface area contributed by atoms with Gasteiger partial charge in [0, 0.05) is 17.5 Å². The summed E-state index contributed by atoms with van der Waals surface area (Å²) in [7, 11) is 0. The molecule has 2 heterocycles. The molecule has 1 aromatic heterocycles. The molecule has 0 radical (unpaired) electrons. The number of rotatable bonds is 3. The van der Waals surface area contributed by atoms with Crippen LogP contribution in [0.3, 0.4) is 0 Å². The number of nitrogens with one attached hydrogen (secondary N) is 1. The van der Waals surface area contributed by atoms with Gasteiger partial charge in [-0.05, 0) is 19.3 Å². The summed E-state index contributed by atoms with van der Waals surface area (Å²) in [6.07, 6.45) is 1.06. The lowest BCUT2D eigenvalue weighted by atomic mass is 9.95. The first-order valence-corrected chi connectivity index (χ1v) is 7.52. The first-order valence-electron chi connectivity index (χ1n) is 7.52.